The van der Waals surface area contributed by atoms with E-state index in [4.69, 9.17) is 15.6 Å². The summed E-state index contributed by atoms with van der Waals surface area (Å²) in [7, 11) is 1.73. The zero-order chi connectivity index (χ0) is 29.1. The van der Waals surface area contributed by atoms with E-state index >= 15 is 0 Å². The van der Waals surface area contributed by atoms with Crippen LogP contribution in [0.2, 0.25) is 0 Å². The molecule has 1 aromatic carbocycles. The van der Waals surface area contributed by atoms with Crippen molar-refractivity contribution in [3.8, 4) is 17.6 Å². The van der Waals surface area contributed by atoms with Crippen LogP contribution in [0.3, 0.4) is 0 Å². The highest BCUT2D eigenvalue weighted by Crippen LogP contribution is 2.21. The monoisotopic (exact) mass is 515 g/mol. The van der Waals surface area contributed by atoms with Crippen LogP contribution in [0.1, 0.15) is 95.7 Å². The van der Waals surface area contributed by atoms with Crippen molar-refractivity contribution in [2.75, 3.05) is 7.11 Å². The fourth-order valence-electron chi connectivity index (χ4n) is 3.41. The molecule has 1 aromatic heterocycles. The molecule has 0 aliphatic heterocycles. The lowest BCUT2D eigenvalue weighted by atomic mass is 10.0. The fourth-order valence-corrected chi connectivity index (χ4v) is 3.41. The summed E-state index contributed by atoms with van der Waals surface area (Å²) in [6, 6.07) is 8.30. The summed E-state index contributed by atoms with van der Waals surface area (Å²) >= 11 is 0. The van der Waals surface area contributed by atoms with E-state index in [2.05, 4.69) is 75.7 Å². The van der Waals surface area contributed by atoms with Gasteiger partial charge in [0.2, 0.25) is 0 Å². The molecule has 1 atom stereocenters. The van der Waals surface area contributed by atoms with E-state index in [1.807, 2.05) is 32.9 Å². The second kappa shape index (κ2) is 19.6. The molecular formula is C34H49N3O. The molecule has 0 radical (unpaired) electrons. The van der Waals surface area contributed by atoms with Gasteiger partial charge in [-0.05, 0) is 81.9 Å². The van der Waals surface area contributed by atoms with Crippen molar-refractivity contribution in [3.05, 3.63) is 76.1 Å². The Bertz CT molecular complexity index is 1140. The molecule has 206 valence electrons. The molecule has 0 fully saturated rings. The first kappa shape index (κ1) is 34.6. The smallest absolute Gasteiger partial charge is 0.122 e. The number of hydrogen-bond donors (Lipinski definition) is 2. The van der Waals surface area contributed by atoms with Crippen LogP contribution in [-0.4, -0.2) is 24.0 Å². The maximum absolute atomic E-state index is 7.59. The van der Waals surface area contributed by atoms with Crippen molar-refractivity contribution >= 4 is 17.5 Å². The Balaban J connectivity index is 0.000000559. The Morgan fingerprint density at radius 2 is 1.79 bits per heavy atom. The van der Waals surface area contributed by atoms with E-state index in [9.17, 15) is 0 Å². The van der Waals surface area contributed by atoms with Crippen LogP contribution < -0.4 is 4.74 Å². The van der Waals surface area contributed by atoms with Gasteiger partial charge in [-0.3, -0.25) is 4.98 Å². The number of methoxy groups -OCH3 is 1. The average Bonchev–Trinajstić information content (AvgIpc) is 2.88. The quantitative estimate of drug-likeness (QED) is 0.272. The van der Waals surface area contributed by atoms with Gasteiger partial charge in [-0.2, -0.15) is 0 Å². The number of benzene rings is 1. The maximum Gasteiger partial charge on any atom is 0.122 e. The Labute approximate surface area is 232 Å². The van der Waals surface area contributed by atoms with E-state index < -0.39 is 0 Å². The van der Waals surface area contributed by atoms with Crippen molar-refractivity contribution in [1.29, 1.82) is 10.8 Å². The molecule has 4 nitrogen and oxygen atoms in total. The predicted octanol–water partition coefficient (Wildman–Crippen LogP) is 9.18. The number of aromatic nitrogens is 1. The maximum atomic E-state index is 7.59. The van der Waals surface area contributed by atoms with E-state index in [0.29, 0.717) is 11.6 Å². The summed E-state index contributed by atoms with van der Waals surface area (Å²) in [6.45, 7) is 18.3. The van der Waals surface area contributed by atoms with Gasteiger partial charge in [0.25, 0.3) is 0 Å². The summed E-state index contributed by atoms with van der Waals surface area (Å²) in [6.07, 6.45) is 11.6. The molecule has 0 aliphatic carbocycles. The first-order valence-corrected chi connectivity index (χ1v) is 13.5. The molecule has 2 aromatic rings. The van der Waals surface area contributed by atoms with Crippen molar-refractivity contribution in [1.82, 2.24) is 4.98 Å². The van der Waals surface area contributed by atoms with Gasteiger partial charge in [0, 0.05) is 35.7 Å². The molecule has 1 unspecified atom stereocenters. The zero-order valence-corrected chi connectivity index (χ0v) is 25.4. The topological polar surface area (TPSA) is 69.8 Å². The third-order valence-corrected chi connectivity index (χ3v) is 5.87. The molecule has 0 spiro atoms. The molecule has 4 heteroatoms. The molecule has 0 saturated heterocycles. The van der Waals surface area contributed by atoms with Crippen LogP contribution in [0.15, 0.2) is 48.2 Å². The number of hydrogen-bond acceptors (Lipinski definition) is 4. The summed E-state index contributed by atoms with van der Waals surface area (Å²) in [4.78, 5) is 4.30. The van der Waals surface area contributed by atoms with E-state index in [-0.39, 0.29) is 0 Å². The van der Waals surface area contributed by atoms with Gasteiger partial charge in [-0.15, -0.1) is 0 Å². The normalized spacial score (nSPS) is 10.6. The van der Waals surface area contributed by atoms with Crippen LogP contribution in [0, 0.1) is 42.4 Å². The van der Waals surface area contributed by atoms with Crippen LogP contribution >= 0.6 is 0 Å². The summed E-state index contributed by atoms with van der Waals surface area (Å²) < 4.78 is 5.28. The van der Waals surface area contributed by atoms with Crippen molar-refractivity contribution in [2.24, 2.45) is 5.92 Å². The molecule has 0 bridgehead atoms. The molecule has 38 heavy (non-hydrogen) atoms. The number of nitrogens with zero attached hydrogens (tertiary/aromatic N) is 1. The molecule has 2 N–H and O–H groups in total. The zero-order valence-electron chi connectivity index (χ0n) is 25.4. The molecular weight excluding hydrogens is 466 g/mol. The minimum Gasteiger partial charge on any atom is -0.496 e. The van der Waals surface area contributed by atoms with Gasteiger partial charge in [-0.1, -0.05) is 76.2 Å². The molecule has 2 rings (SSSR count). The standard InChI is InChI=1S/C13H17N3.C11H16O.C10H16/c1-8(2)11(6-14)13-5-9(3)12(7-16-13)10(4)15;1-4-5-10-7-6-9(2)8-11(10)12-3;1-4-6-7-8-9-10(3)5-2/h5-7,14-15H,1-4H3;6-8H,4-5H2,1-3H3;8-10H,4-5H2,1-3H3/b;;9-8-. The third-order valence-electron chi connectivity index (χ3n) is 5.87. The largest absolute Gasteiger partial charge is 0.496 e. The van der Waals surface area contributed by atoms with Crippen LogP contribution in [-0.2, 0) is 6.42 Å². The number of ether oxygens (including phenoxy) is 1. The first-order chi connectivity index (χ1) is 18.1. The second-order valence-electron chi connectivity index (χ2n) is 9.55. The number of rotatable bonds is 8. The Morgan fingerprint density at radius 3 is 2.26 bits per heavy atom. The Hall–Kier alpha value is -3.45. The third kappa shape index (κ3) is 13.2. The minimum absolute atomic E-state index is 0.519. The summed E-state index contributed by atoms with van der Waals surface area (Å²) in [5.74, 6) is 7.66. The minimum atomic E-state index is 0.519. The van der Waals surface area contributed by atoms with Gasteiger partial charge < -0.3 is 15.6 Å². The van der Waals surface area contributed by atoms with Gasteiger partial charge in [0.05, 0.1) is 12.8 Å². The van der Waals surface area contributed by atoms with Crippen LogP contribution in [0.5, 0.6) is 5.75 Å². The molecule has 0 amide bonds. The van der Waals surface area contributed by atoms with Gasteiger partial charge in [-0.25, -0.2) is 0 Å². The van der Waals surface area contributed by atoms with E-state index in [0.717, 1.165) is 46.6 Å². The number of nitrogens with one attached hydrogen (secondary N) is 2. The highest BCUT2D eigenvalue weighted by Gasteiger charge is 2.07. The van der Waals surface area contributed by atoms with Crippen molar-refractivity contribution in [3.63, 3.8) is 0 Å². The predicted molar refractivity (Wildman–Crippen MR) is 167 cm³/mol. The Kier molecular flexibility index (Phi) is 17.9. The van der Waals surface area contributed by atoms with E-state index in [1.165, 1.54) is 30.2 Å². The lowest BCUT2D eigenvalue weighted by Gasteiger charge is -2.08. The van der Waals surface area contributed by atoms with Crippen LogP contribution in [0.4, 0.5) is 0 Å². The average molecular weight is 516 g/mol. The number of allylic oxidation sites excluding steroid dienone is 4. The first-order valence-electron chi connectivity index (χ1n) is 13.5. The van der Waals surface area contributed by atoms with Crippen molar-refractivity contribution in [2.45, 2.75) is 88.0 Å². The van der Waals surface area contributed by atoms with Crippen molar-refractivity contribution < 1.29 is 4.74 Å². The second-order valence-corrected chi connectivity index (χ2v) is 9.55. The molecule has 0 aliphatic rings. The summed E-state index contributed by atoms with van der Waals surface area (Å²) in [5, 5.41) is 15.0. The van der Waals surface area contributed by atoms with Gasteiger partial charge in [0.1, 0.15) is 5.75 Å². The lowest BCUT2D eigenvalue weighted by Crippen LogP contribution is -2.01. The number of aryl methyl sites for hydroxylation is 3. The lowest BCUT2D eigenvalue weighted by molar-refractivity contribution is 0.409. The number of pyridine rings is 1. The van der Waals surface area contributed by atoms with Crippen LogP contribution in [0.25, 0.3) is 5.57 Å². The highest BCUT2D eigenvalue weighted by atomic mass is 16.5. The molecule has 1 heterocycles. The highest BCUT2D eigenvalue weighted by molar-refractivity contribution is 6.09. The van der Waals surface area contributed by atoms with E-state index in [1.54, 1.807) is 20.2 Å². The van der Waals surface area contributed by atoms with Gasteiger partial charge in [0.15, 0.2) is 0 Å². The SMILES string of the molecule is CC(=N)c1cnc(C(C=N)=C(C)C)cc1C.CCC#C/C=C\C(C)CC.CCCc1ccc(C)cc1OC. The summed E-state index contributed by atoms with van der Waals surface area (Å²) in [5.41, 5.74) is 7.69. The van der Waals surface area contributed by atoms with Gasteiger partial charge >= 0.3 is 0 Å². The fraction of sp³-hybridized carbons (Fsp3) is 0.441. The Morgan fingerprint density at radius 1 is 1.11 bits per heavy atom. The molecule has 0 saturated carbocycles.